The molecular formula is C36H31F3N4O5. The van der Waals surface area contributed by atoms with Gasteiger partial charge in [0.1, 0.15) is 5.75 Å². The first kappa shape index (κ1) is 33.6. The topological polar surface area (TPSA) is 115 Å². The van der Waals surface area contributed by atoms with Gasteiger partial charge in [-0.15, -0.1) is 0 Å². The van der Waals surface area contributed by atoms with E-state index in [2.05, 4.69) is 15.5 Å². The maximum absolute atomic E-state index is 14.1. The van der Waals surface area contributed by atoms with Crippen molar-refractivity contribution in [3.05, 3.63) is 119 Å². The number of amides is 2. The summed E-state index contributed by atoms with van der Waals surface area (Å²) < 4.78 is 52.9. The number of aromatic nitrogens is 2. The summed E-state index contributed by atoms with van der Waals surface area (Å²) in [5.41, 5.74) is 0.398. The lowest BCUT2D eigenvalue weighted by Gasteiger charge is -2.19. The van der Waals surface area contributed by atoms with Crippen LogP contribution in [0.3, 0.4) is 0 Å². The summed E-state index contributed by atoms with van der Waals surface area (Å²) in [6.07, 6.45) is -3.94. The number of hydrogen-bond acceptors (Lipinski definition) is 7. The van der Waals surface area contributed by atoms with Crippen LogP contribution in [0.15, 0.2) is 95.5 Å². The van der Waals surface area contributed by atoms with Gasteiger partial charge < -0.3 is 19.5 Å². The fourth-order valence-corrected chi connectivity index (χ4v) is 5.05. The zero-order valence-corrected chi connectivity index (χ0v) is 26.3. The summed E-state index contributed by atoms with van der Waals surface area (Å²) in [6, 6.07) is 23.2. The Morgan fingerprint density at radius 1 is 0.896 bits per heavy atom. The molecule has 5 rings (SSSR count). The van der Waals surface area contributed by atoms with Gasteiger partial charge in [-0.1, -0.05) is 53.7 Å². The normalized spacial score (nSPS) is 11.2. The smallest absolute Gasteiger partial charge is 0.417 e. The van der Waals surface area contributed by atoms with Crippen LogP contribution in [0.2, 0.25) is 0 Å². The number of rotatable bonds is 10. The first-order valence-corrected chi connectivity index (χ1v) is 14.9. The molecule has 1 aromatic heterocycles. The van der Waals surface area contributed by atoms with Gasteiger partial charge in [0.05, 0.1) is 22.4 Å². The Labute approximate surface area is 274 Å². The fourth-order valence-electron chi connectivity index (χ4n) is 5.05. The molecule has 5 aromatic rings. The summed E-state index contributed by atoms with van der Waals surface area (Å²) in [7, 11) is 3.05. The van der Waals surface area contributed by atoms with Gasteiger partial charge in [-0.25, -0.2) is 0 Å². The molecule has 0 bridgehead atoms. The van der Waals surface area contributed by atoms with E-state index in [1.54, 1.807) is 73.7 Å². The zero-order valence-electron chi connectivity index (χ0n) is 26.3. The minimum Gasteiger partial charge on any atom is -0.427 e. The molecule has 246 valence electrons. The highest BCUT2D eigenvalue weighted by Crippen LogP contribution is 2.37. The third-order valence-corrected chi connectivity index (χ3v) is 7.36. The monoisotopic (exact) mass is 656 g/mol. The van der Waals surface area contributed by atoms with Crippen molar-refractivity contribution in [2.24, 2.45) is 0 Å². The maximum Gasteiger partial charge on any atom is 0.417 e. The van der Waals surface area contributed by atoms with E-state index in [1.807, 2.05) is 0 Å². The van der Waals surface area contributed by atoms with Gasteiger partial charge in [0, 0.05) is 26.1 Å². The molecule has 0 radical (unpaired) electrons. The number of nitrogens with zero attached hydrogens (tertiary/aromatic N) is 3. The molecule has 4 aromatic carbocycles. The molecule has 2 amide bonds. The molecule has 0 spiro atoms. The average Bonchev–Trinajstić information content (AvgIpc) is 3.51. The number of esters is 1. The molecule has 9 nitrogen and oxygen atoms in total. The Bertz CT molecular complexity index is 1940. The second kappa shape index (κ2) is 14.3. The quantitative estimate of drug-likeness (QED) is 0.122. The molecule has 1 N–H and O–H groups in total. The largest absolute Gasteiger partial charge is 0.427 e. The first-order valence-electron chi connectivity index (χ1n) is 14.9. The van der Waals surface area contributed by atoms with Crippen LogP contribution in [0.4, 0.5) is 18.9 Å². The molecule has 0 atom stereocenters. The minimum absolute atomic E-state index is 0.0528. The zero-order chi connectivity index (χ0) is 34.4. The molecule has 0 fully saturated rings. The number of nitrogens with one attached hydrogen (secondary N) is 1. The van der Waals surface area contributed by atoms with Crippen LogP contribution in [0.25, 0.3) is 22.6 Å². The molecule has 0 aliphatic heterocycles. The van der Waals surface area contributed by atoms with Gasteiger partial charge >= 0.3 is 12.1 Å². The van der Waals surface area contributed by atoms with Crippen molar-refractivity contribution in [3.63, 3.8) is 0 Å². The number of carbonyl (C=O) groups excluding carboxylic acids is 3. The molecule has 0 saturated carbocycles. The molecule has 12 heteroatoms. The Balaban J connectivity index is 1.30. The molecular weight excluding hydrogens is 625 g/mol. The van der Waals surface area contributed by atoms with Crippen LogP contribution in [-0.4, -0.2) is 46.9 Å². The van der Waals surface area contributed by atoms with Gasteiger partial charge in [0.15, 0.2) is 5.82 Å². The summed E-state index contributed by atoms with van der Waals surface area (Å²) in [4.78, 5) is 44.7. The van der Waals surface area contributed by atoms with E-state index in [-0.39, 0.29) is 23.2 Å². The summed E-state index contributed by atoms with van der Waals surface area (Å²) in [5, 5.41) is 6.31. The standard InChI is InChI=1S/C36H31F3N4O5/c1-22-40-34(48-42-22)25-16-18-26(19-17-25)47-31(44)14-7-9-23-15-20-30(28(21-23)35(46)43(2)3)41-33(45)32-27(24-10-5-4-6-11-24)12-8-13-29(32)36(37,38)39/h4-6,8,10-13,15-21H,7,9,14H2,1-3H3,(H,41,45). The minimum atomic E-state index is -4.80. The van der Waals surface area contributed by atoms with E-state index in [0.29, 0.717) is 47.0 Å². The van der Waals surface area contributed by atoms with Gasteiger partial charge in [-0.05, 0) is 78.9 Å². The Kier molecular flexibility index (Phi) is 10.0. The van der Waals surface area contributed by atoms with Gasteiger partial charge in [-0.3, -0.25) is 14.4 Å². The summed E-state index contributed by atoms with van der Waals surface area (Å²) >= 11 is 0. The predicted molar refractivity (Wildman–Crippen MR) is 172 cm³/mol. The number of ether oxygens (including phenoxy) is 1. The highest BCUT2D eigenvalue weighted by Gasteiger charge is 2.37. The Hall–Kier alpha value is -5.78. The SMILES string of the molecule is Cc1noc(-c2ccc(OC(=O)CCCc3ccc(NC(=O)c4c(-c5ccccc5)cccc4C(F)(F)F)c(C(=O)N(C)C)c3)cc2)n1. The molecule has 0 unspecified atom stereocenters. The van der Waals surface area contributed by atoms with E-state index in [4.69, 9.17) is 9.26 Å². The third kappa shape index (κ3) is 7.95. The number of aryl methyl sites for hydroxylation is 2. The van der Waals surface area contributed by atoms with E-state index < -0.39 is 35.1 Å². The molecule has 0 saturated heterocycles. The maximum atomic E-state index is 14.1. The second-order valence-corrected chi connectivity index (χ2v) is 11.1. The third-order valence-electron chi connectivity index (χ3n) is 7.36. The lowest BCUT2D eigenvalue weighted by Crippen LogP contribution is -2.25. The van der Waals surface area contributed by atoms with Crippen LogP contribution < -0.4 is 10.1 Å². The molecule has 0 aliphatic rings. The lowest BCUT2D eigenvalue weighted by molar-refractivity contribution is -0.138. The van der Waals surface area contributed by atoms with Crippen LogP contribution in [0.1, 0.15) is 50.5 Å². The van der Waals surface area contributed by atoms with Gasteiger partial charge in [-0.2, -0.15) is 18.2 Å². The van der Waals surface area contributed by atoms with Crippen LogP contribution in [-0.2, 0) is 17.4 Å². The number of hydrogen-bond donors (Lipinski definition) is 1. The van der Waals surface area contributed by atoms with Gasteiger partial charge in [0.25, 0.3) is 17.7 Å². The van der Waals surface area contributed by atoms with E-state index in [9.17, 15) is 27.6 Å². The van der Waals surface area contributed by atoms with Crippen LogP contribution in [0, 0.1) is 6.92 Å². The number of halogens is 3. The lowest BCUT2D eigenvalue weighted by atomic mass is 9.94. The molecule has 0 aliphatic carbocycles. The average molecular weight is 657 g/mol. The van der Waals surface area contributed by atoms with Crippen LogP contribution in [0.5, 0.6) is 5.75 Å². The highest BCUT2D eigenvalue weighted by molar-refractivity contribution is 6.12. The molecule has 1 heterocycles. The number of alkyl halides is 3. The number of anilines is 1. The van der Waals surface area contributed by atoms with Gasteiger partial charge in [0.2, 0.25) is 0 Å². The van der Waals surface area contributed by atoms with E-state index in [0.717, 1.165) is 6.07 Å². The van der Waals surface area contributed by atoms with Crippen molar-refractivity contribution in [1.82, 2.24) is 15.0 Å². The Morgan fingerprint density at radius 2 is 1.62 bits per heavy atom. The Morgan fingerprint density at radius 3 is 2.27 bits per heavy atom. The van der Waals surface area contributed by atoms with Crippen molar-refractivity contribution in [2.75, 3.05) is 19.4 Å². The van der Waals surface area contributed by atoms with E-state index in [1.165, 1.54) is 37.2 Å². The summed E-state index contributed by atoms with van der Waals surface area (Å²) in [5.74, 6) is -0.722. The van der Waals surface area contributed by atoms with Crippen molar-refractivity contribution >= 4 is 23.5 Å². The van der Waals surface area contributed by atoms with Crippen molar-refractivity contribution < 1.29 is 36.8 Å². The van der Waals surface area contributed by atoms with E-state index >= 15 is 0 Å². The highest BCUT2D eigenvalue weighted by atomic mass is 19.4. The van der Waals surface area contributed by atoms with Crippen molar-refractivity contribution in [1.29, 1.82) is 0 Å². The number of carbonyl (C=O) groups is 3. The van der Waals surface area contributed by atoms with Crippen LogP contribution >= 0.6 is 0 Å². The predicted octanol–water partition coefficient (Wildman–Crippen LogP) is 7.61. The fraction of sp³-hybridized carbons (Fsp3) is 0.194. The summed E-state index contributed by atoms with van der Waals surface area (Å²) in [6.45, 7) is 1.71. The van der Waals surface area contributed by atoms with Crippen molar-refractivity contribution in [3.8, 4) is 28.3 Å². The second-order valence-electron chi connectivity index (χ2n) is 11.1. The van der Waals surface area contributed by atoms with Crippen molar-refractivity contribution in [2.45, 2.75) is 32.4 Å². The molecule has 48 heavy (non-hydrogen) atoms. The first-order chi connectivity index (χ1) is 22.9. The number of benzene rings is 4.